The fourth-order valence-electron chi connectivity index (χ4n) is 1.22. The van der Waals surface area contributed by atoms with Crippen LogP contribution in [0.25, 0.3) is 0 Å². The van der Waals surface area contributed by atoms with Crippen LogP contribution in [0, 0.1) is 0 Å². The molecule has 0 spiro atoms. The number of allylic oxidation sites excluding steroid dienone is 4. The van der Waals surface area contributed by atoms with Gasteiger partial charge in [-0.05, 0) is 42.3 Å². The van der Waals surface area contributed by atoms with Crippen molar-refractivity contribution >= 4 is 0 Å². The molecule has 0 saturated heterocycles. The Bertz CT molecular complexity index is 323. The molecule has 0 unspecified atom stereocenters. The van der Waals surface area contributed by atoms with Crippen molar-refractivity contribution in [1.29, 1.82) is 0 Å². The van der Waals surface area contributed by atoms with E-state index in [4.69, 9.17) is 0 Å². The van der Waals surface area contributed by atoms with E-state index in [0.29, 0.717) is 0 Å². The van der Waals surface area contributed by atoms with Gasteiger partial charge >= 0.3 is 52.6 Å². The summed E-state index contributed by atoms with van der Waals surface area (Å²) in [6, 6.07) is 0. The average molecular weight is 412 g/mol. The zero-order chi connectivity index (χ0) is 19.4. The summed E-state index contributed by atoms with van der Waals surface area (Å²) in [5.41, 5.74) is 0. The molecule has 0 aromatic heterocycles. The van der Waals surface area contributed by atoms with E-state index in [-0.39, 0.29) is 0 Å². The van der Waals surface area contributed by atoms with Crippen molar-refractivity contribution in [2.24, 2.45) is 0 Å². The van der Waals surface area contributed by atoms with Crippen LogP contribution in [0.5, 0.6) is 0 Å². The molecule has 24 heavy (non-hydrogen) atoms. The van der Waals surface area contributed by atoms with Crippen molar-refractivity contribution in [3.05, 3.63) is 59.5 Å². The van der Waals surface area contributed by atoms with Gasteiger partial charge in [-0.25, -0.2) is 0 Å². The molecule has 1 aliphatic rings. The van der Waals surface area contributed by atoms with Crippen LogP contribution in [0.4, 0.5) is 0 Å². The third kappa shape index (κ3) is 37.6. The van der Waals surface area contributed by atoms with Crippen molar-refractivity contribution in [3.8, 4) is 0 Å². The van der Waals surface area contributed by atoms with Gasteiger partial charge in [0, 0.05) is 19.6 Å². The molecule has 137 valence electrons. The fourth-order valence-corrected chi connectivity index (χ4v) is 1.75. The summed E-state index contributed by atoms with van der Waals surface area (Å²) in [4.78, 5) is 6.19. The Balaban J connectivity index is -0.000000245. The van der Waals surface area contributed by atoms with Gasteiger partial charge in [-0.15, -0.1) is 19.7 Å². The minimum atomic E-state index is 0.972. The van der Waals surface area contributed by atoms with Crippen molar-refractivity contribution in [1.82, 2.24) is 14.7 Å². The van der Waals surface area contributed by atoms with Crippen LogP contribution < -0.4 is 0 Å². The first-order chi connectivity index (χ1) is 11.2. The van der Waals surface area contributed by atoms with Crippen LogP contribution >= 0.6 is 0 Å². The molecule has 0 amide bonds. The monoisotopic (exact) mass is 410 g/mol. The molecule has 0 heterocycles. The molecule has 3 nitrogen and oxygen atoms in total. The van der Waals surface area contributed by atoms with Crippen LogP contribution in [0.3, 0.4) is 0 Å². The number of hydrogen-bond donors (Lipinski definition) is 0. The van der Waals surface area contributed by atoms with Crippen LogP contribution in [-0.2, 0) is 24.7 Å². The maximum absolute atomic E-state index is 3.56. The second kappa shape index (κ2) is 22.5. The van der Waals surface area contributed by atoms with E-state index in [1.54, 1.807) is 28.0 Å². The Morgan fingerprint density at radius 1 is 0.833 bits per heavy atom. The predicted molar refractivity (Wildman–Crippen MR) is 108 cm³/mol. The van der Waals surface area contributed by atoms with Gasteiger partial charge in [0.25, 0.3) is 0 Å². The van der Waals surface area contributed by atoms with E-state index >= 15 is 0 Å². The van der Waals surface area contributed by atoms with Crippen LogP contribution in [0.2, 0.25) is 0 Å². The van der Waals surface area contributed by atoms with Crippen LogP contribution in [-0.4, -0.2) is 76.6 Å². The van der Waals surface area contributed by atoms with Gasteiger partial charge in [0.15, 0.2) is 0 Å². The summed E-state index contributed by atoms with van der Waals surface area (Å²) in [5.74, 6) is 0. The Morgan fingerprint density at radius 2 is 1.17 bits per heavy atom. The zero-order valence-electron chi connectivity index (χ0n) is 16.8. The molecule has 0 atom stereocenters. The maximum atomic E-state index is 3.56. The van der Waals surface area contributed by atoms with E-state index < -0.39 is 0 Å². The third-order valence-electron chi connectivity index (χ3n) is 2.25. The van der Waals surface area contributed by atoms with E-state index in [2.05, 4.69) is 52.7 Å². The molecule has 1 rings (SSSR count). The molecule has 0 radical (unpaired) electrons. The van der Waals surface area contributed by atoms with Crippen molar-refractivity contribution in [2.75, 3.05) is 61.9 Å². The van der Waals surface area contributed by atoms with E-state index in [0.717, 1.165) is 19.6 Å². The quantitative estimate of drug-likeness (QED) is 0.619. The molecule has 0 aliphatic heterocycles. The SMILES string of the molecule is C=CCN(C)C.C=CCN(C)C.C=CCN(C)C.[Zr][C]1=CC=CC1. The normalized spacial score (nSPS) is 11.4. The Kier molecular flexibility index (Phi) is 26.5. The van der Waals surface area contributed by atoms with Gasteiger partial charge in [-0.3, -0.25) is 0 Å². The number of rotatable bonds is 6. The van der Waals surface area contributed by atoms with Gasteiger partial charge in [0.1, 0.15) is 0 Å². The second-order valence-electron chi connectivity index (χ2n) is 5.98. The Labute approximate surface area is 166 Å². The van der Waals surface area contributed by atoms with Crippen molar-refractivity contribution in [3.63, 3.8) is 0 Å². The van der Waals surface area contributed by atoms with Crippen LogP contribution in [0.15, 0.2) is 59.5 Å². The first-order valence-corrected chi connectivity index (χ1v) is 9.28. The summed E-state index contributed by atoms with van der Waals surface area (Å²) in [6.45, 7) is 13.6. The third-order valence-corrected chi connectivity index (χ3v) is 3.17. The summed E-state index contributed by atoms with van der Waals surface area (Å²) in [7, 11) is 12.1. The van der Waals surface area contributed by atoms with Gasteiger partial charge in [-0.1, -0.05) is 18.2 Å². The van der Waals surface area contributed by atoms with E-state index in [1.165, 1.54) is 6.42 Å². The Morgan fingerprint density at radius 3 is 1.21 bits per heavy atom. The number of nitrogens with zero attached hydrogens (tertiary/aromatic N) is 3. The van der Waals surface area contributed by atoms with Crippen molar-refractivity contribution in [2.45, 2.75) is 6.42 Å². The second-order valence-corrected chi connectivity index (χ2v) is 7.56. The molecule has 4 heteroatoms. The molecular weight excluding hydrogens is 373 g/mol. The first-order valence-electron chi connectivity index (χ1n) is 8.05. The molecule has 0 N–H and O–H groups in total. The molecule has 0 aromatic carbocycles. The summed E-state index contributed by atoms with van der Waals surface area (Å²) < 4.78 is 1.56. The molecule has 0 bridgehead atoms. The van der Waals surface area contributed by atoms with Crippen LogP contribution in [0.1, 0.15) is 6.42 Å². The topological polar surface area (TPSA) is 9.72 Å². The predicted octanol–water partition coefficient (Wildman–Crippen LogP) is 3.58. The molecule has 0 fully saturated rings. The summed E-state index contributed by atoms with van der Waals surface area (Å²) in [5, 5.41) is 0. The van der Waals surface area contributed by atoms with Gasteiger partial charge in [0.05, 0.1) is 0 Å². The van der Waals surface area contributed by atoms with E-state index in [1.807, 2.05) is 60.5 Å². The van der Waals surface area contributed by atoms with Crippen molar-refractivity contribution < 1.29 is 24.7 Å². The fraction of sp³-hybridized carbons (Fsp3) is 0.500. The minimum absolute atomic E-state index is 0.972. The van der Waals surface area contributed by atoms with Gasteiger partial charge in [-0.2, -0.15) is 0 Å². The Hall–Kier alpha value is -0.537. The molecule has 1 aliphatic carbocycles. The first kappa shape index (κ1) is 28.3. The summed E-state index contributed by atoms with van der Waals surface area (Å²) in [6.07, 6.45) is 13.3. The standard InChI is InChI=1S/3C5H11N.C5H5.Zr/c3*1-4-5-6(2)3;1-2-4-5-3-1;/h3*4H,1,5H2,2-3H3;1-3H,4H2;. The average Bonchev–Trinajstić information content (AvgIpc) is 2.91. The van der Waals surface area contributed by atoms with Gasteiger partial charge < -0.3 is 14.7 Å². The molecule has 0 saturated carbocycles. The molecule has 0 aromatic rings. The van der Waals surface area contributed by atoms with Gasteiger partial charge in [0.2, 0.25) is 0 Å². The zero-order valence-corrected chi connectivity index (χ0v) is 19.2. The molecular formula is C20H38N3Zr. The van der Waals surface area contributed by atoms with E-state index in [9.17, 15) is 0 Å². The summed E-state index contributed by atoms with van der Waals surface area (Å²) >= 11 is 1.56. The number of hydrogen-bond acceptors (Lipinski definition) is 3. The number of likely N-dealkylation sites (N-methyl/N-ethyl adjacent to an activating group) is 3.